The van der Waals surface area contributed by atoms with Crippen LogP contribution in [0.5, 0.6) is 0 Å². The van der Waals surface area contributed by atoms with Crippen LogP contribution in [0.4, 0.5) is 0 Å². The molecule has 4 nitrogen and oxygen atoms in total. The monoisotopic (exact) mass is 249 g/mol. The molecule has 18 heavy (non-hydrogen) atoms. The van der Waals surface area contributed by atoms with Crippen LogP contribution in [0.3, 0.4) is 0 Å². The molecular weight excluding hydrogens is 226 g/mol. The van der Waals surface area contributed by atoms with Crippen LogP contribution < -0.4 is 5.32 Å². The standard InChI is InChI=1S/C14H23N3O/c1-2-6-17-14(12-9-15-11-16-10-12)8-13-5-3-4-7-18-13/h9-11,13-14,17H,2-8H2,1H3. The molecule has 1 aliphatic rings. The number of hydrogen-bond acceptors (Lipinski definition) is 4. The van der Waals surface area contributed by atoms with Crippen molar-refractivity contribution in [2.45, 2.75) is 51.2 Å². The van der Waals surface area contributed by atoms with Gasteiger partial charge in [-0.2, -0.15) is 0 Å². The minimum Gasteiger partial charge on any atom is -0.378 e. The molecule has 2 heterocycles. The van der Waals surface area contributed by atoms with Crippen LogP contribution in [0, 0.1) is 0 Å². The summed E-state index contributed by atoms with van der Waals surface area (Å²) < 4.78 is 5.83. The van der Waals surface area contributed by atoms with Crippen molar-refractivity contribution >= 4 is 0 Å². The van der Waals surface area contributed by atoms with Crippen molar-refractivity contribution in [2.24, 2.45) is 0 Å². The summed E-state index contributed by atoms with van der Waals surface area (Å²) in [5, 5.41) is 3.57. The second kappa shape index (κ2) is 7.44. The number of ether oxygens (including phenoxy) is 1. The van der Waals surface area contributed by atoms with Gasteiger partial charge < -0.3 is 10.1 Å². The second-order valence-electron chi connectivity index (χ2n) is 4.90. The first kappa shape index (κ1) is 13.4. The van der Waals surface area contributed by atoms with Crippen molar-refractivity contribution in [2.75, 3.05) is 13.2 Å². The van der Waals surface area contributed by atoms with Crippen LogP contribution in [0.15, 0.2) is 18.7 Å². The van der Waals surface area contributed by atoms with Crippen molar-refractivity contribution in [1.82, 2.24) is 15.3 Å². The molecule has 0 spiro atoms. The van der Waals surface area contributed by atoms with Crippen molar-refractivity contribution in [3.8, 4) is 0 Å². The van der Waals surface area contributed by atoms with E-state index in [2.05, 4.69) is 22.2 Å². The Morgan fingerprint density at radius 2 is 2.22 bits per heavy atom. The smallest absolute Gasteiger partial charge is 0.115 e. The van der Waals surface area contributed by atoms with E-state index in [4.69, 9.17) is 4.74 Å². The minimum absolute atomic E-state index is 0.314. The average Bonchev–Trinajstić information content (AvgIpc) is 2.45. The van der Waals surface area contributed by atoms with Crippen molar-refractivity contribution in [3.63, 3.8) is 0 Å². The van der Waals surface area contributed by atoms with Gasteiger partial charge in [0.2, 0.25) is 0 Å². The maximum Gasteiger partial charge on any atom is 0.115 e. The fourth-order valence-electron chi connectivity index (χ4n) is 2.40. The van der Waals surface area contributed by atoms with Crippen LogP contribution in [0.1, 0.15) is 50.6 Å². The molecule has 0 radical (unpaired) electrons. The zero-order valence-electron chi connectivity index (χ0n) is 11.1. The van der Waals surface area contributed by atoms with Gasteiger partial charge in [-0.25, -0.2) is 9.97 Å². The van der Waals surface area contributed by atoms with Crippen LogP contribution in [-0.2, 0) is 4.74 Å². The molecule has 2 unspecified atom stereocenters. The number of hydrogen-bond donors (Lipinski definition) is 1. The van der Waals surface area contributed by atoms with E-state index in [1.54, 1.807) is 6.33 Å². The summed E-state index contributed by atoms with van der Waals surface area (Å²) in [5.41, 5.74) is 1.17. The Balaban J connectivity index is 1.95. The fraction of sp³-hybridized carbons (Fsp3) is 0.714. The largest absolute Gasteiger partial charge is 0.378 e. The average molecular weight is 249 g/mol. The Morgan fingerprint density at radius 1 is 1.39 bits per heavy atom. The maximum absolute atomic E-state index is 5.83. The lowest BCUT2D eigenvalue weighted by Gasteiger charge is -2.27. The first-order valence-electron chi connectivity index (χ1n) is 7.00. The second-order valence-corrected chi connectivity index (χ2v) is 4.90. The number of nitrogens with zero attached hydrogens (tertiary/aromatic N) is 2. The van der Waals surface area contributed by atoms with Gasteiger partial charge in [-0.05, 0) is 38.6 Å². The third kappa shape index (κ3) is 4.03. The molecule has 1 saturated heterocycles. The van der Waals surface area contributed by atoms with Gasteiger partial charge in [-0.15, -0.1) is 0 Å². The van der Waals surface area contributed by atoms with Gasteiger partial charge in [0.1, 0.15) is 6.33 Å². The van der Waals surface area contributed by atoms with E-state index in [9.17, 15) is 0 Å². The molecule has 0 aromatic carbocycles. The van der Waals surface area contributed by atoms with E-state index in [1.807, 2.05) is 12.4 Å². The van der Waals surface area contributed by atoms with E-state index in [0.29, 0.717) is 12.1 Å². The summed E-state index contributed by atoms with van der Waals surface area (Å²) in [6, 6.07) is 0.314. The highest BCUT2D eigenvalue weighted by Gasteiger charge is 2.20. The van der Waals surface area contributed by atoms with Crippen LogP contribution in [0.2, 0.25) is 0 Å². The van der Waals surface area contributed by atoms with Crippen molar-refractivity contribution < 1.29 is 4.74 Å². The van der Waals surface area contributed by atoms with Crippen molar-refractivity contribution in [3.05, 3.63) is 24.3 Å². The molecule has 1 aromatic rings. The van der Waals surface area contributed by atoms with E-state index in [0.717, 1.165) is 26.0 Å². The van der Waals surface area contributed by atoms with Gasteiger partial charge in [0.25, 0.3) is 0 Å². The molecule has 0 bridgehead atoms. The molecule has 0 aliphatic carbocycles. The van der Waals surface area contributed by atoms with Crippen LogP contribution in [0.25, 0.3) is 0 Å². The minimum atomic E-state index is 0.314. The lowest BCUT2D eigenvalue weighted by Crippen LogP contribution is -2.29. The first-order valence-corrected chi connectivity index (χ1v) is 7.00. The Hall–Kier alpha value is -1.00. The Kier molecular flexibility index (Phi) is 5.55. The van der Waals surface area contributed by atoms with E-state index in [1.165, 1.54) is 24.8 Å². The highest BCUT2D eigenvalue weighted by molar-refractivity contribution is 5.09. The Bertz CT molecular complexity index is 325. The summed E-state index contributed by atoms with van der Waals surface area (Å²) in [4.78, 5) is 8.23. The van der Waals surface area contributed by atoms with Crippen LogP contribution >= 0.6 is 0 Å². The summed E-state index contributed by atoms with van der Waals surface area (Å²) in [5.74, 6) is 0. The Morgan fingerprint density at radius 3 is 2.89 bits per heavy atom. The quantitative estimate of drug-likeness (QED) is 0.841. The third-order valence-electron chi connectivity index (χ3n) is 3.40. The van der Waals surface area contributed by atoms with Gasteiger partial charge in [0.05, 0.1) is 6.10 Å². The van der Waals surface area contributed by atoms with E-state index >= 15 is 0 Å². The molecule has 1 N–H and O–H groups in total. The molecule has 1 fully saturated rings. The highest BCUT2D eigenvalue weighted by atomic mass is 16.5. The first-order chi connectivity index (χ1) is 8.90. The molecule has 2 rings (SSSR count). The van der Waals surface area contributed by atoms with Gasteiger partial charge in [0, 0.05) is 30.6 Å². The van der Waals surface area contributed by atoms with E-state index in [-0.39, 0.29) is 0 Å². The third-order valence-corrected chi connectivity index (χ3v) is 3.40. The molecule has 1 aromatic heterocycles. The summed E-state index contributed by atoms with van der Waals surface area (Å²) in [6.45, 7) is 4.12. The number of nitrogens with one attached hydrogen (secondary N) is 1. The lowest BCUT2D eigenvalue weighted by molar-refractivity contribution is 0.00501. The predicted molar refractivity (Wildman–Crippen MR) is 71.3 cm³/mol. The van der Waals surface area contributed by atoms with E-state index < -0.39 is 0 Å². The van der Waals surface area contributed by atoms with Crippen LogP contribution in [-0.4, -0.2) is 29.2 Å². The number of rotatable bonds is 6. The van der Waals surface area contributed by atoms with Gasteiger partial charge >= 0.3 is 0 Å². The molecule has 0 amide bonds. The maximum atomic E-state index is 5.83. The zero-order chi connectivity index (χ0) is 12.6. The lowest BCUT2D eigenvalue weighted by atomic mass is 9.98. The molecule has 2 atom stereocenters. The SMILES string of the molecule is CCCNC(CC1CCCCO1)c1cncnc1. The summed E-state index contributed by atoms with van der Waals surface area (Å²) in [7, 11) is 0. The molecule has 100 valence electrons. The van der Waals surface area contributed by atoms with Crippen molar-refractivity contribution in [1.29, 1.82) is 0 Å². The normalized spacial score (nSPS) is 21.7. The van der Waals surface area contributed by atoms with Gasteiger partial charge in [0.15, 0.2) is 0 Å². The number of aromatic nitrogens is 2. The predicted octanol–water partition coefficient (Wildman–Crippen LogP) is 2.48. The fourth-order valence-corrected chi connectivity index (χ4v) is 2.40. The molecular formula is C14H23N3O. The van der Waals surface area contributed by atoms with Gasteiger partial charge in [-0.1, -0.05) is 6.92 Å². The Labute approximate surface area is 109 Å². The highest BCUT2D eigenvalue weighted by Crippen LogP contribution is 2.24. The van der Waals surface area contributed by atoms with Gasteiger partial charge in [-0.3, -0.25) is 0 Å². The molecule has 4 heteroatoms. The zero-order valence-corrected chi connectivity index (χ0v) is 11.1. The molecule has 1 aliphatic heterocycles. The summed E-state index contributed by atoms with van der Waals surface area (Å²) in [6.07, 6.45) is 11.6. The summed E-state index contributed by atoms with van der Waals surface area (Å²) >= 11 is 0. The molecule has 0 saturated carbocycles. The topological polar surface area (TPSA) is 47.0 Å².